The lowest BCUT2D eigenvalue weighted by atomic mass is 10.1. The Hall–Kier alpha value is -1.68. The fourth-order valence-corrected chi connectivity index (χ4v) is 2.81. The van der Waals surface area contributed by atoms with Crippen LogP contribution in [0.2, 0.25) is 0 Å². The molecule has 9 nitrogen and oxygen atoms in total. The number of amides is 2. The number of hydrogen-bond donors (Lipinski definition) is 2. The van der Waals surface area contributed by atoms with E-state index in [9.17, 15) is 9.59 Å². The Morgan fingerprint density at radius 2 is 2.12 bits per heavy atom. The van der Waals surface area contributed by atoms with E-state index in [1.807, 2.05) is 6.92 Å². The summed E-state index contributed by atoms with van der Waals surface area (Å²) in [5, 5.41) is 10.1. The van der Waals surface area contributed by atoms with Crippen LogP contribution in [0.3, 0.4) is 0 Å². The van der Waals surface area contributed by atoms with Crippen LogP contribution in [0.15, 0.2) is 12.4 Å². The van der Waals surface area contributed by atoms with Gasteiger partial charge in [0.05, 0.1) is 37.8 Å². The minimum absolute atomic E-state index is 0. The highest BCUT2D eigenvalue weighted by Crippen LogP contribution is 2.10. The number of aromatic nitrogens is 2. The number of rotatable bonds is 4. The van der Waals surface area contributed by atoms with Gasteiger partial charge < -0.3 is 25.0 Å². The standard InChI is InChI=1S/C15H23N5O4.ClH/c1-11-14(16-2-5-24-11)15(22)18-12-8-17-20(9-12)10-13(21)19-3-6-23-7-4-19;/h8-9,11,14,16H,2-7,10H2,1H3,(H,18,22);1H/t11-,14+;/m1./s1. The first-order chi connectivity index (χ1) is 11.6. The van der Waals surface area contributed by atoms with Crippen molar-refractivity contribution in [1.82, 2.24) is 20.0 Å². The van der Waals surface area contributed by atoms with Crippen molar-refractivity contribution in [2.45, 2.75) is 25.6 Å². The first-order valence-corrected chi connectivity index (χ1v) is 8.17. The van der Waals surface area contributed by atoms with Gasteiger partial charge in [-0.3, -0.25) is 14.3 Å². The molecule has 2 N–H and O–H groups in total. The van der Waals surface area contributed by atoms with Crippen molar-refractivity contribution in [3.05, 3.63) is 12.4 Å². The Morgan fingerprint density at radius 3 is 2.84 bits per heavy atom. The molecule has 0 radical (unpaired) electrons. The van der Waals surface area contributed by atoms with E-state index in [4.69, 9.17) is 9.47 Å². The summed E-state index contributed by atoms with van der Waals surface area (Å²) in [6.07, 6.45) is 3.01. The Balaban J connectivity index is 0.00000225. The molecule has 0 aromatic carbocycles. The first kappa shape index (κ1) is 19.6. The zero-order chi connectivity index (χ0) is 16.9. The highest BCUT2D eigenvalue weighted by Gasteiger charge is 2.28. The predicted molar refractivity (Wildman–Crippen MR) is 92.7 cm³/mol. The van der Waals surface area contributed by atoms with Gasteiger partial charge in [0, 0.05) is 25.8 Å². The van der Waals surface area contributed by atoms with Crippen molar-refractivity contribution < 1.29 is 19.1 Å². The molecule has 0 aliphatic carbocycles. The van der Waals surface area contributed by atoms with E-state index >= 15 is 0 Å². The number of hydrogen-bond acceptors (Lipinski definition) is 6. The summed E-state index contributed by atoms with van der Waals surface area (Å²) >= 11 is 0. The third kappa shape index (κ3) is 5.15. The lowest BCUT2D eigenvalue weighted by Gasteiger charge is -2.29. The lowest BCUT2D eigenvalue weighted by Crippen LogP contribution is -2.53. The van der Waals surface area contributed by atoms with Gasteiger partial charge in [-0.1, -0.05) is 0 Å². The molecule has 0 bridgehead atoms. The second-order valence-corrected chi connectivity index (χ2v) is 5.92. The number of halogens is 1. The average Bonchev–Trinajstić information content (AvgIpc) is 3.02. The van der Waals surface area contributed by atoms with Crippen molar-refractivity contribution in [2.24, 2.45) is 0 Å². The molecule has 1 aromatic rings. The van der Waals surface area contributed by atoms with Gasteiger partial charge in [0.15, 0.2) is 0 Å². The number of morpholine rings is 2. The molecule has 3 heterocycles. The van der Waals surface area contributed by atoms with Crippen molar-refractivity contribution in [1.29, 1.82) is 0 Å². The van der Waals surface area contributed by atoms with Crippen molar-refractivity contribution >= 4 is 29.9 Å². The van der Waals surface area contributed by atoms with E-state index in [0.717, 1.165) is 0 Å². The molecule has 1 aromatic heterocycles. The van der Waals surface area contributed by atoms with Gasteiger partial charge in [-0.05, 0) is 6.92 Å². The smallest absolute Gasteiger partial charge is 0.244 e. The molecule has 2 aliphatic heterocycles. The molecule has 2 atom stereocenters. The van der Waals surface area contributed by atoms with Crippen LogP contribution in [0.1, 0.15) is 6.92 Å². The second kappa shape index (κ2) is 9.14. The number of carbonyl (C=O) groups excluding carboxylic acids is 2. The molecule has 0 unspecified atom stereocenters. The molecule has 2 amide bonds. The largest absolute Gasteiger partial charge is 0.378 e. The van der Waals surface area contributed by atoms with Gasteiger partial charge in [-0.15, -0.1) is 12.4 Å². The number of carbonyl (C=O) groups is 2. The van der Waals surface area contributed by atoms with Crippen molar-refractivity contribution in [2.75, 3.05) is 44.8 Å². The molecular formula is C15H24ClN5O4. The molecule has 2 saturated heterocycles. The van der Waals surface area contributed by atoms with Gasteiger partial charge in [-0.2, -0.15) is 5.10 Å². The molecule has 140 valence electrons. The zero-order valence-corrected chi connectivity index (χ0v) is 15.0. The molecule has 0 spiro atoms. The molecule has 10 heteroatoms. The lowest BCUT2D eigenvalue weighted by molar-refractivity contribution is -0.136. The summed E-state index contributed by atoms with van der Waals surface area (Å²) in [6.45, 7) is 5.62. The topological polar surface area (TPSA) is 97.7 Å². The molecule has 25 heavy (non-hydrogen) atoms. The maximum Gasteiger partial charge on any atom is 0.244 e. The first-order valence-electron chi connectivity index (χ1n) is 8.17. The van der Waals surface area contributed by atoms with E-state index in [2.05, 4.69) is 15.7 Å². The van der Waals surface area contributed by atoms with Crippen LogP contribution in [0.25, 0.3) is 0 Å². The van der Waals surface area contributed by atoms with E-state index < -0.39 is 6.04 Å². The summed E-state index contributed by atoms with van der Waals surface area (Å²) in [5.41, 5.74) is 0.564. The van der Waals surface area contributed by atoms with E-state index in [0.29, 0.717) is 45.1 Å². The summed E-state index contributed by atoms with van der Waals surface area (Å²) in [7, 11) is 0. The molecular weight excluding hydrogens is 350 g/mol. The third-order valence-electron chi connectivity index (χ3n) is 4.16. The normalized spacial score (nSPS) is 23.6. The van der Waals surface area contributed by atoms with Crippen LogP contribution in [-0.2, 0) is 25.6 Å². The van der Waals surface area contributed by atoms with Gasteiger partial charge in [-0.25, -0.2) is 0 Å². The van der Waals surface area contributed by atoms with Crippen LogP contribution >= 0.6 is 12.4 Å². The zero-order valence-electron chi connectivity index (χ0n) is 14.1. The predicted octanol–water partition coefficient (Wildman–Crippen LogP) is -0.521. The number of ether oxygens (including phenoxy) is 2. The SMILES string of the molecule is C[C@H]1OCCN[C@@H]1C(=O)Nc1cnn(CC(=O)N2CCOCC2)c1.Cl. The molecule has 2 aliphatic rings. The summed E-state index contributed by atoms with van der Waals surface area (Å²) in [4.78, 5) is 26.2. The van der Waals surface area contributed by atoms with Gasteiger partial charge in [0.1, 0.15) is 12.6 Å². The number of nitrogens with zero attached hydrogens (tertiary/aromatic N) is 3. The van der Waals surface area contributed by atoms with Gasteiger partial charge in [0.2, 0.25) is 11.8 Å². The van der Waals surface area contributed by atoms with Gasteiger partial charge in [0.25, 0.3) is 0 Å². The highest BCUT2D eigenvalue weighted by molar-refractivity contribution is 5.95. The number of nitrogens with one attached hydrogen (secondary N) is 2. The second-order valence-electron chi connectivity index (χ2n) is 5.92. The van der Waals surface area contributed by atoms with E-state index in [1.165, 1.54) is 4.68 Å². The summed E-state index contributed by atoms with van der Waals surface area (Å²) in [6, 6.07) is -0.392. The molecule has 0 saturated carbocycles. The molecule has 2 fully saturated rings. The van der Waals surface area contributed by atoms with Crippen molar-refractivity contribution in [3.8, 4) is 0 Å². The Bertz CT molecular complexity index is 590. The maximum absolute atomic E-state index is 12.3. The highest BCUT2D eigenvalue weighted by atomic mass is 35.5. The fraction of sp³-hybridized carbons (Fsp3) is 0.667. The minimum Gasteiger partial charge on any atom is -0.378 e. The van der Waals surface area contributed by atoms with Crippen LogP contribution in [0.5, 0.6) is 0 Å². The Labute approximate surface area is 152 Å². The third-order valence-corrected chi connectivity index (χ3v) is 4.16. The molecule has 3 rings (SSSR count). The summed E-state index contributed by atoms with van der Waals surface area (Å²) < 4.78 is 12.2. The quantitative estimate of drug-likeness (QED) is 0.737. The van der Waals surface area contributed by atoms with Crippen LogP contribution in [-0.4, -0.2) is 78.1 Å². The van der Waals surface area contributed by atoms with E-state index in [1.54, 1.807) is 17.3 Å². The maximum atomic E-state index is 12.3. The van der Waals surface area contributed by atoms with Crippen LogP contribution < -0.4 is 10.6 Å². The summed E-state index contributed by atoms with van der Waals surface area (Å²) in [5.74, 6) is -0.170. The Morgan fingerprint density at radius 1 is 1.36 bits per heavy atom. The van der Waals surface area contributed by atoms with E-state index in [-0.39, 0.29) is 36.9 Å². The fourth-order valence-electron chi connectivity index (χ4n) is 2.81. The average molecular weight is 374 g/mol. The van der Waals surface area contributed by atoms with Crippen molar-refractivity contribution in [3.63, 3.8) is 0 Å². The van der Waals surface area contributed by atoms with Gasteiger partial charge >= 0.3 is 0 Å². The Kier molecular flexibility index (Phi) is 7.18. The monoisotopic (exact) mass is 373 g/mol. The minimum atomic E-state index is -0.392. The van der Waals surface area contributed by atoms with Crippen LogP contribution in [0.4, 0.5) is 5.69 Å². The van der Waals surface area contributed by atoms with Crippen LogP contribution in [0, 0.1) is 0 Å². The number of anilines is 1.